The Morgan fingerprint density at radius 3 is 2.96 bits per heavy atom. The van der Waals surface area contributed by atoms with Crippen molar-refractivity contribution in [2.45, 2.75) is 45.1 Å². The van der Waals surface area contributed by atoms with Crippen LogP contribution in [-0.2, 0) is 11.2 Å². The molecule has 0 N–H and O–H groups in total. The first kappa shape index (κ1) is 16.5. The summed E-state index contributed by atoms with van der Waals surface area (Å²) in [5.74, 6) is 2.43. The highest BCUT2D eigenvalue weighted by atomic mass is 16.5. The molecule has 1 aliphatic heterocycles. The summed E-state index contributed by atoms with van der Waals surface area (Å²) < 4.78 is 15.7. The largest absolute Gasteiger partial charge is 0.461 e. The number of carbonyl (C=O) groups excluding carboxylic acids is 1. The second-order valence-corrected chi connectivity index (χ2v) is 6.27. The minimum Gasteiger partial charge on any atom is -0.461 e. The third-order valence-corrected chi connectivity index (χ3v) is 4.41. The van der Waals surface area contributed by atoms with Gasteiger partial charge in [0.25, 0.3) is 0 Å². The van der Waals surface area contributed by atoms with Crippen LogP contribution in [0.3, 0.4) is 0 Å². The molecule has 9 nitrogen and oxygen atoms in total. The molecule has 136 valence electrons. The number of hydrogen-bond acceptors (Lipinski definition) is 8. The van der Waals surface area contributed by atoms with E-state index in [2.05, 4.69) is 20.3 Å². The molecular weight excluding hydrogens is 338 g/mol. The molecule has 1 atom stereocenters. The summed E-state index contributed by atoms with van der Waals surface area (Å²) in [5.41, 5.74) is 0. The second-order valence-electron chi connectivity index (χ2n) is 6.27. The Hall–Kier alpha value is -2.97. The van der Waals surface area contributed by atoms with Crippen molar-refractivity contribution in [2.75, 3.05) is 6.54 Å². The molecule has 0 saturated carbocycles. The molecule has 0 radical (unpaired) electrons. The Morgan fingerprint density at radius 2 is 2.19 bits per heavy atom. The Kier molecular flexibility index (Phi) is 4.51. The number of rotatable bonds is 5. The molecule has 0 bridgehead atoms. The Morgan fingerprint density at radius 1 is 1.27 bits per heavy atom. The van der Waals surface area contributed by atoms with Crippen LogP contribution >= 0.6 is 0 Å². The molecule has 1 amide bonds. The van der Waals surface area contributed by atoms with Crippen LogP contribution in [0.5, 0.6) is 0 Å². The summed E-state index contributed by atoms with van der Waals surface area (Å²) in [6.07, 6.45) is 5.04. The summed E-state index contributed by atoms with van der Waals surface area (Å²) in [5, 5.41) is 7.72. The zero-order chi connectivity index (χ0) is 17.9. The van der Waals surface area contributed by atoms with Gasteiger partial charge in [-0.3, -0.25) is 4.79 Å². The summed E-state index contributed by atoms with van der Waals surface area (Å²) in [6, 6.07) is 3.36. The fourth-order valence-electron chi connectivity index (χ4n) is 3.16. The summed E-state index contributed by atoms with van der Waals surface area (Å²) in [4.78, 5) is 23.1. The fourth-order valence-corrected chi connectivity index (χ4v) is 3.16. The van der Waals surface area contributed by atoms with Crippen LogP contribution in [0.15, 0.2) is 31.9 Å². The average molecular weight is 357 g/mol. The van der Waals surface area contributed by atoms with Crippen LogP contribution in [0, 0.1) is 6.92 Å². The third-order valence-electron chi connectivity index (χ3n) is 4.41. The number of aryl methyl sites for hydroxylation is 2. The molecule has 1 unspecified atom stereocenters. The number of carbonyl (C=O) groups is 1. The van der Waals surface area contributed by atoms with E-state index in [1.165, 1.54) is 0 Å². The Bertz CT molecular complexity index is 869. The standard InChI is InChI=1S/C17H19N5O4/c1-11-18-17(26-20-11)12-5-2-3-9-22(12)15(23)8-7-14-19-16(21-25-14)13-6-4-10-24-13/h4,6,10,12H,2-3,5,7-9H2,1H3. The molecule has 1 saturated heterocycles. The van der Waals surface area contributed by atoms with Crippen molar-refractivity contribution in [1.29, 1.82) is 0 Å². The van der Waals surface area contributed by atoms with E-state index in [1.807, 2.05) is 4.90 Å². The van der Waals surface area contributed by atoms with Gasteiger partial charge in [0.1, 0.15) is 6.04 Å². The molecule has 0 spiro atoms. The summed E-state index contributed by atoms with van der Waals surface area (Å²) >= 11 is 0. The van der Waals surface area contributed by atoms with Crippen LogP contribution in [-0.4, -0.2) is 37.6 Å². The SMILES string of the molecule is Cc1noc(C2CCCCN2C(=O)CCc2nc(-c3ccco3)no2)n1. The van der Waals surface area contributed by atoms with Gasteiger partial charge < -0.3 is 18.4 Å². The van der Waals surface area contributed by atoms with E-state index in [9.17, 15) is 4.79 Å². The van der Waals surface area contributed by atoms with E-state index in [0.29, 0.717) is 42.2 Å². The molecule has 1 fully saturated rings. The first-order valence-corrected chi connectivity index (χ1v) is 8.67. The van der Waals surface area contributed by atoms with Crippen molar-refractivity contribution in [3.63, 3.8) is 0 Å². The maximum Gasteiger partial charge on any atom is 0.249 e. The van der Waals surface area contributed by atoms with Crippen molar-refractivity contribution in [1.82, 2.24) is 25.2 Å². The number of amides is 1. The van der Waals surface area contributed by atoms with E-state index < -0.39 is 0 Å². The molecule has 9 heteroatoms. The predicted molar refractivity (Wildman–Crippen MR) is 87.7 cm³/mol. The number of hydrogen-bond donors (Lipinski definition) is 0. The van der Waals surface area contributed by atoms with E-state index >= 15 is 0 Å². The van der Waals surface area contributed by atoms with Gasteiger partial charge >= 0.3 is 0 Å². The van der Waals surface area contributed by atoms with Gasteiger partial charge in [0, 0.05) is 19.4 Å². The summed E-state index contributed by atoms with van der Waals surface area (Å²) in [7, 11) is 0. The van der Waals surface area contributed by atoms with Gasteiger partial charge in [0.05, 0.1) is 6.26 Å². The van der Waals surface area contributed by atoms with Gasteiger partial charge in [0.15, 0.2) is 11.6 Å². The fraction of sp³-hybridized carbons (Fsp3) is 0.471. The quantitative estimate of drug-likeness (QED) is 0.685. The molecule has 4 rings (SSSR count). The van der Waals surface area contributed by atoms with Gasteiger partial charge in [-0.25, -0.2) is 0 Å². The van der Waals surface area contributed by atoms with Crippen molar-refractivity contribution >= 4 is 5.91 Å². The molecule has 0 aliphatic carbocycles. The lowest BCUT2D eigenvalue weighted by atomic mass is 10.0. The van der Waals surface area contributed by atoms with E-state index in [1.54, 1.807) is 25.3 Å². The lowest BCUT2D eigenvalue weighted by Crippen LogP contribution is -2.38. The first-order valence-electron chi connectivity index (χ1n) is 8.67. The highest BCUT2D eigenvalue weighted by molar-refractivity contribution is 5.76. The maximum absolute atomic E-state index is 12.7. The number of aromatic nitrogens is 4. The smallest absolute Gasteiger partial charge is 0.249 e. The van der Waals surface area contributed by atoms with Crippen LogP contribution in [0.2, 0.25) is 0 Å². The van der Waals surface area contributed by atoms with Crippen LogP contribution in [0.4, 0.5) is 0 Å². The number of likely N-dealkylation sites (tertiary alicyclic amines) is 1. The average Bonchev–Trinajstić information content (AvgIpc) is 3.40. The van der Waals surface area contributed by atoms with Crippen molar-refractivity contribution < 1.29 is 18.3 Å². The van der Waals surface area contributed by atoms with Gasteiger partial charge in [-0.05, 0) is 38.3 Å². The first-order chi connectivity index (χ1) is 12.7. The normalized spacial score (nSPS) is 17.6. The highest BCUT2D eigenvalue weighted by Crippen LogP contribution is 2.30. The molecular formula is C17H19N5O4. The molecule has 3 aromatic rings. The minimum atomic E-state index is -0.154. The van der Waals surface area contributed by atoms with Crippen molar-refractivity contribution in [3.8, 4) is 11.6 Å². The molecule has 0 aromatic carbocycles. The third kappa shape index (κ3) is 3.37. The lowest BCUT2D eigenvalue weighted by molar-refractivity contribution is -0.135. The van der Waals surface area contributed by atoms with Crippen LogP contribution in [0.1, 0.15) is 49.3 Å². The van der Waals surface area contributed by atoms with E-state index in [4.69, 9.17) is 13.5 Å². The Labute approximate surface area is 149 Å². The summed E-state index contributed by atoms with van der Waals surface area (Å²) in [6.45, 7) is 2.46. The number of nitrogens with zero attached hydrogens (tertiary/aromatic N) is 5. The molecule has 26 heavy (non-hydrogen) atoms. The zero-order valence-electron chi connectivity index (χ0n) is 14.4. The number of piperidine rings is 1. The Balaban J connectivity index is 1.40. The number of furan rings is 1. The monoisotopic (exact) mass is 357 g/mol. The van der Waals surface area contributed by atoms with Crippen molar-refractivity contribution in [2.24, 2.45) is 0 Å². The van der Waals surface area contributed by atoms with E-state index in [-0.39, 0.29) is 18.4 Å². The van der Waals surface area contributed by atoms with Crippen LogP contribution < -0.4 is 0 Å². The van der Waals surface area contributed by atoms with Crippen molar-refractivity contribution in [3.05, 3.63) is 36.0 Å². The van der Waals surface area contributed by atoms with Gasteiger partial charge in [-0.1, -0.05) is 10.3 Å². The van der Waals surface area contributed by atoms with Gasteiger partial charge in [0.2, 0.25) is 23.5 Å². The topological polar surface area (TPSA) is 111 Å². The lowest BCUT2D eigenvalue weighted by Gasteiger charge is -2.33. The molecule has 4 heterocycles. The molecule has 3 aromatic heterocycles. The maximum atomic E-state index is 12.7. The van der Waals surface area contributed by atoms with Crippen LogP contribution in [0.25, 0.3) is 11.6 Å². The predicted octanol–water partition coefficient (Wildman–Crippen LogP) is 2.71. The molecule has 1 aliphatic rings. The van der Waals surface area contributed by atoms with Gasteiger partial charge in [-0.2, -0.15) is 9.97 Å². The second kappa shape index (κ2) is 7.11. The highest BCUT2D eigenvalue weighted by Gasteiger charge is 2.31. The van der Waals surface area contributed by atoms with E-state index in [0.717, 1.165) is 19.3 Å². The zero-order valence-corrected chi connectivity index (χ0v) is 14.4. The van der Waals surface area contributed by atoms with Gasteiger partial charge in [-0.15, -0.1) is 0 Å². The minimum absolute atomic E-state index is 0.0169.